The molecule has 0 aliphatic heterocycles. The van der Waals surface area contributed by atoms with Crippen LogP contribution < -0.4 is 0 Å². The lowest BCUT2D eigenvalue weighted by Gasteiger charge is -2.11. The molecule has 0 fully saturated rings. The van der Waals surface area contributed by atoms with E-state index in [0.717, 1.165) is 0 Å². The van der Waals surface area contributed by atoms with Crippen molar-refractivity contribution in [3.63, 3.8) is 0 Å². The Morgan fingerprint density at radius 3 is 1.72 bits per heavy atom. The average Bonchev–Trinajstić information content (AvgIpc) is 2.44. The highest BCUT2D eigenvalue weighted by atomic mass is 14.1. The monoisotopic (exact) mass is 226 g/mol. The molecule has 0 atom stereocenters. The summed E-state index contributed by atoms with van der Waals surface area (Å²) in [5, 5.41) is 7.94. The minimum atomic E-state index is 0.594. The molecule has 0 nitrogen and oxygen atoms in total. The van der Waals surface area contributed by atoms with E-state index in [-0.39, 0.29) is 0 Å². The smallest absolute Gasteiger partial charge is 0.0643 e. The summed E-state index contributed by atoms with van der Waals surface area (Å²) in [6.07, 6.45) is 0.594. The molecule has 4 aromatic rings. The third-order valence-electron chi connectivity index (χ3n) is 3.76. The maximum absolute atomic E-state index is 5.77. The van der Waals surface area contributed by atoms with Gasteiger partial charge in [0, 0.05) is 0 Å². The van der Waals surface area contributed by atoms with Crippen molar-refractivity contribution in [3.8, 4) is 0 Å². The van der Waals surface area contributed by atoms with E-state index >= 15 is 0 Å². The molecule has 2 radical (unpaired) electrons. The van der Waals surface area contributed by atoms with Crippen molar-refractivity contribution in [1.82, 2.24) is 0 Å². The third-order valence-corrected chi connectivity index (χ3v) is 3.76. The molecule has 0 heterocycles. The van der Waals surface area contributed by atoms with Crippen molar-refractivity contribution in [2.75, 3.05) is 0 Å². The van der Waals surface area contributed by atoms with Crippen LogP contribution >= 0.6 is 0 Å². The van der Waals surface area contributed by atoms with Gasteiger partial charge in [0.15, 0.2) is 0 Å². The van der Waals surface area contributed by atoms with Crippen LogP contribution in [0.15, 0.2) is 54.6 Å². The van der Waals surface area contributed by atoms with Crippen molar-refractivity contribution in [3.05, 3.63) is 60.2 Å². The van der Waals surface area contributed by atoms with E-state index < -0.39 is 0 Å². The van der Waals surface area contributed by atoms with Gasteiger partial charge >= 0.3 is 0 Å². The molecule has 0 unspecified atom stereocenters. The second-order valence-electron chi connectivity index (χ2n) is 4.83. The Kier molecular flexibility index (Phi) is 1.93. The predicted octanol–water partition coefficient (Wildman–Crippen LogP) is 4.25. The molecular weight excluding hydrogens is 215 g/mol. The zero-order chi connectivity index (χ0) is 12.1. The fourth-order valence-electron chi connectivity index (χ4n) is 2.94. The minimum Gasteiger partial charge on any atom is -0.0643 e. The molecule has 4 rings (SSSR count). The van der Waals surface area contributed by atoms with Crippen LogP contribution in [0, 0.1) is 0 Å². The van der Waals surface area contributed by atoms with Crippen LogP contribution in [0.3, 0.4) is 0 Å². The predicted molar refractivity (Wildman–Crippen MR) is 79.6 cm³/mol. The molecular formula is C17H11B. The van der Waals surface area contributed by atoms with Gasteiger partial charge in [0.1, 0.15) is 0 Å². The summed E-state index contributed by atoms with van der Waals surface area (Å²) in [6, 6.07) is 19.7. The van der Waals surface area contributed by atoms with Gasteiger partial charge in [-0.05, 0) is 32.3 Å². The minimum absolute atomic E-state index is 0.594. The van der Waals surface area contributed by atoms with Gasteiger partial charge in [0.05, 0.1) is 7.85 Å². The normalized spacial score (nSPS) is 11.8. The van der Waals surface area contributed by atoms with E-state index in [1.807, 2.05) is 0 Å². The third kappa shape index (κ3) is 1.22. The summed E-state index contributed by atoms with van der Waals surface area (Å²) in [4.78, 5) is 0. The van der Waals surface area contributed by atoms with Crippen LogP contribution in [0.5, 0.6) is 0 Å². The van der Waals surface area contributed by atoms with E-state index in [1.54, 1.807) is 0 Å². The maximum atomic E-state index is 5.77. The summed E-state index contributed by atoms with van der Waals surface area (Å²) in [7, 11) is 5.77. The van der Waals surface area contributed by atoms with Crippen LogP contribution in [-0.2, 0) is 6.32 Å². The van der Waals surface area contributed by atoms with E-state index in [1.165, 1.54) is 37.9 Å². The maximum Gasteiger partial charge on any atom is 0.0716 e. The summed E-state index contributed by atoms with van der Waals surface area (Å²) < 4.78 is 0. The zero-order valence-electron chi connectivity index (χ0n) is 9.98. The first-order valence-corrected chi connectivity index (χ1v) is 6.23. The highest BCUT2D eigenvalue weighted by molar-refractivity contribution is 6.23. The molecule has 0 spiro atoms. The van der Waals surface area contributed by atoms with Crippen molar-refractivity contribution >= 4 is 40.2 Å². The van der Waals surface area contributed by atoms with E-state index in [0.29, 0.717) is 6.32 Å². The molecule has 0 saturated heterocycles. The molecule has 0 amide bonds. The molecule has 18 heavy (non-hydrogen) atoms. The van der Waals surface area contributed by atoms with Crippen LogP contribution in [-0.4, -0.2) is 7.85 Å². The fraction of sp³-hybridized carbons (Fsp3) is 0.0588. The highest BCUT2D eigenvalue weighted by Crippen LogP contribution is 2.34. The van der Waals surface area contributed by atoms with Gasteiger partial charge in [-0.1, -0.05) is 66.5 Å². The lowest BCUT2D eigenvalue weighted by Crippen LogP contribution is -1.88. The molecule has 0 bridgehead atoms. The second-order valence-corrected chi connectivity index (χ2v) is 4.83. The van der Waals surface area contributed by atoms with Gasteiger partial charge in [-0.25, -0.2) is 0 Å². The van der Waals surface area contributed by atoms with Crippen molar-refractivity contribution in [1.29, 1.82) is 0 Å². The number of benzene rings is 4. The van der Waals surface area contributed by atoms with Crippen LogP contribution in [0.2, 0.25) is 0 Å². The number of hydrogen-bond donors (Lipinski definition) is 0. The standard InChI is InChI=1S/C17H11B/c18-10-11-8-14-6-4-12-2-1-3-13-5-7-15(9-11)17(14)16(12)13/h1-9H,10H2. The Bertz CT molecular complexity index is 797. The Labute approximate surface area is 107 Å². The SMILES string of the molecule is [B]Cc1cc2ccc3cccc4ccc(c1)c2c34. The van der Waals surface area contributed by atoms with Gasteiger partial charge in [-0.3, -0.25) is 0 Å². The van der Waals surface area contributed by atoms with Gasteiger partial charge in [-0.2, -0.15) is 0 Å². The van der Waals surface area contributed by atoms with Crippen LogP contribution in [0.4, 0.5) is 0 Å². The van der Waals surface area contributed by atoms with E-state index in [4.69, 9.17) is 7.85 Å². The van der Waals surface area contributed by atoms with Gasteiger partial charge in [0.2, 0.25) is 0 Å². The van der Waals surface area contributed by atoms with Crippen LogP contribution in [0.1, 0.15) is 5.56 Å². The Hall–Kier alpha value is -2.02. The Morgan fingerprint density at radius 2 is 1.17 bits per heavy atom. The lowest BCUT2D eigenvalue weighted by atomic mass is 9.89. The second kappa shape index (κ2) is 3.49. The molecule has 1 heteroatoms. The molecule has 0 aliphatic carbocycles. The van der Waals surface area contributed by atoms with Crippen molar-refractivity contribution in [2.45, 2.75) is 6.32 Å². The van der Waals surface area contributed by atoms with Crippen molar-refractivity contribution in [2.24, 2.45) is 0 Å². The fourth-order valence-corrected chi connectivity index (χ4v) is 2.94. The molecule has 0 aliphatic rings. The molecule has 0 aromatic heterocycles. The first-order valence-electron chi connectivity index (χ1n) is 6.23. The summed E-state index contributed by atoms with van der Waals surface area (Å²) in [5.41, 5.74) is 1.20. The molecule has 0 saturated carbocycles. The van der Waals surface area contributed by atoms with Gasteiger partial charge in [0.25, 0.3) is 0 Å². The van der Waals surface area contributed by atoms with Crippen molar-refractivity contribution < 1.29 is 0 Å². The summed E-state index contributed by atoms with van der Waals surface area (Å²) >= 11 is 0. The average molecular weight is 226 g/mol. The van der Waals surface area contributed by atoms with E-state index in [9.17, 15) is 0 Å². The van der Waals surface area contributed by atoms with Gasteiger partial charge < -0.3 is 0 Å². The molecule has 0 N–H and O–H groups in total. The Morgan fingerprint density at radius 1 is 0.667 bits per heavy atom. The molecule has 4 aromatic carbocycles. The van der Waals surface area contributed by atoms with Crippen LogP contribution in [0.25, 0.3) is 32.3 Å². The first-order chi connectivity index (χ1) is 8.86. The van der Waals surface area contributed by atoms with Gasteiger partial charge in [-0.15, -0.1) is 0 Å². The Balaban J connectivity index is 2.35. The number of rotatable bonds is 1. The molecule has 82 valence electrons. The highest BCUT2D eigenvalue weighted by Gasteiger charge is 2.07. The largest absolute Gasteiger partial charge is 0.0716 e. The topological polar surface area (TPSA) is 0 Å². The van der Waals surface area contributed by atoms with E-state index in [2.05, 4.69) is 54.6 Å². The lowest BCUT2D eigenvalue weighted by molar-refractivity contribution is 1.44. The number of hydrogen-bond acceptors (Lipinski definition) is 0. The first kappa shape index (κ1) is 9.96. The zero-order valence-corrected chi connectivity index (χ0v) is 9.98. The summed E-state index contributed by atoms with van der Waals surface area (Å²) in [6.45, 7) is 0. The quantitative estimate of drug-likeness (QED) is 0.336. The summed E-state index contributed by atoms with van der Waals surface area (Å²) in [5.74, 6) is 0.